The first-order valence-corrected chi connectivity index (χ1v) is 9.38. The summed E-state index contributed by atoms with van der Waals surface area (Å²) < 4.78 is 71.0. The summed E-state index contributed by atoms with van der Waals surface area (Å²) in [7, 11) is -4.71. The highest BCUT2D eigenvalue weighted by Gasteiger charge is 2.34. The molecule has 0 bridgehead atoms. The minimum Gasteiger partial charge on any atom is -0.423 e. The van der Waals surface area contributed by atoms with Crippen molar-refractivity contribution in [2.24, 2.45) is 0 Å². The van der Waals surface area contributed by atoms with E-state index in [1.165, 1.54) is 0 Å². The van der Waals surface area contributed by atoms with Crippen molar-refractivity contribution in [1.29, 1.82) is 0 Å². The Kier molecular flexibility index (Phi) is 5.14. The van der Waals surface area contributed by atoms with Crippen LogP contribution in [0.5, 0.6) is 0 Å². The van der Waals surface area contributed by atoms with E-state index in [1.54, 1.807) is 0 Å². The van der Waals surface area contributed by atoms with Gasteiger partial charge in [0.2, 0.25) is 0 Å². The molecule has 0 radical (unpaired) electrons. The van der Waals surface area contributed by atoms with E-state index < -0.39 is 64.5 Å². The largest absolute Gasteiger partial charge is 0.423 e. The maximum absolute atomic E-state index is 13.1. The van der Waals surface area contributed by atoms with Crippen molar-refractivity contribution in [2.75, 3.05) is 4.72 Å². The van der Waals surface area contributed by atoms with Crippen LogP contribution in [0, 0.1) is 20.2 Å². The molecule has 1 N–H and O–H groups in total. The molecule has 2 aromatic carbocycles. The van der Waals surface area contributed by atoms with E-state index in [9.17, 15) is 46.6 Å². The molecule has 0 unspecified atom stereocenters. The van der Waals surface area contributed by atoms with Gasteiger partial charge in [0.25, 0.3) is 21.4 Å². The third-order valence-corrected chi connectivity index (χ3v) is 5.37. The van der Waals surface area contributed by atoms with Crippen LogP contribution in [0.2, 0.25) is 0 Å². The van der Waals surface area contributed by atoms with Gasteiger partial charge in [-0.1, -0.05) is 0 Å². The molecule has 3 rings (SSSR count). The Hall–Kier alpha value is -4.01. The lowest BCUT2D eigenvalue weighted by atomic mass is 10.1. The predicted octanol–water partition coefficient (Wildman–Crippen LogP) is 3.43. The Morgan fingerprint density at radius 1 is 0.968 bits per heavy atom. The minimum atomic E-state index is -4.88. The van der Waals surface area contributed by atoms with Crippen molar-refractivity contribution in [1.82, 2.24) is 0 Å². The Balaban J connectivity index is 2.09. The SMILES string of the molecule is O=c1cc(C(F)(F)F)c2ccc(NS(=O)(=O)c3ccc([N+](=O)[O-])cc3[N+](=O)[O-])cc2o1. The summed E-state index contributed by atoms with van der Waals surface area (Å²) in [5.74, 6) is 0. The third kappa shape index (κ3) is 4.30. The van der Waals surface area contributed by atoms with Gasteiger partial charge < -0.3 is 4.42 Å². The molecular formula is C16H8F3N3O8S. The van der Waals surface area contributed by atoms with Crippen molar-refractivity contribution in [3.63, 3.8) is 0 Å². The van der Waals surface area contributed by atoms with Gasteiger partial charge in [0.15, 0.2) is 4.90 Å². The zero-order chi connectivity index (χ0) is 23.1. The Labute approximate surface area is 169 Å². The summed E-state index contributed by atoms with van der Waals surface area (Å²) in [6.07, 6.45) is -4.88. The fourth-order valence-electron chi connectivity index (χ4n) is 2.66. The molecule has 0 saturated heterocycles. The molecule has 3 aromatic rings. The summed E-state index contributed by atoms with van der Waals surface area (Å²) in [5.41, 5.74) is -5.39. The van der Waals surface area contributed by atoms with E-state index in [1.807, 2.05) is 4.72 Å². The predicted molar refractivity (Wildman–Crippen MR) is 98.0 cm³/mol. The number of anilines is 1. The van der Waals surface area contributed by atoms with Crippen LogP contribution >= 0.6 is 0 Å². The number of non-ortho nitro benzene ring substituents is 1. The molecule has 0 spiro atoms. The van der Waals surface area contributed by atoms with Crippen LogP contribution in [0.3, 0.4) is 0 Å². The van der Waals surface area contributed by atoms with Crippen LogP contribution in [0.15, 0.2) is 56.6 Å². The standard InChI is InChI=1S/C16H8F3N3O8S/c17-16(18,19)11-7-15(23)30-13-5-8(1-3-10(11)13)20-31(28,29)14-4-2-9(21(24)25)6-12(14)22(26)27/h1-7,20H. The highest BCUT2D eigenvalue weighted by molar-refractivity contribution is 7.92. The molecule has 0 fully saturated rings. The molecule has 15 heteroatoms. The quantitative estimate of drug-likeness (QED) is 0.345. The number of nitro benzene ring substituents is 2. The fraction of sp³-hybridized carbons (Fsp3) is 0.0625. The zero-order valence-electron chi connectivity index (χ0n) is 14.7. The molecular weight excluding hydrogens is 451 g/mol. The van der Waals surface area contributed by atoms with Gasteiger partial charge in [-0.15, -0.1) is 0 Å². The average Bonchev–Trinajstić information content (AvgIpc) is 2.65. The van der Waals surface area contributed by atoms with Crippen LogP contribution in [0.1, 0.15) is 5.56 Å². The fourth-order valence-corrected chi connectivity index (χ4v) is 3.86. The summed E-state index contributed by atoms with van der Waals surface area (Å²) in [4.78, 5) is 30.4. The number of hydrogen-bond acceptors (Lipinski definition) is 8. The number of fused-ring (bicyclic) bond motifs is 1. The number of alkyl halides is 3. The summed E-state index contributed by atoms with van der Waals surface area (Å²) in [6.45, 7) is 0. The highest BCUT2D eigenvalue weighted by Crippen LogP contribution is 2.35. The number of rotatable bonds is 5. The molecule has 0 aliphatic carbocycles. The van der Waals surface area contributed by atoms with Crippen molar-refractivity contribution >= 4 is 38.1 Å². The molecule has 0 atom stereocenters. The van der Waals surface area contributed by atoms with E-state index in [0.29, 0.717) is 12.1 Å². The molecule has 0 saturated carbocycles. The lowest BCUT2D eigenvalue weighted by Gasteiger charge is -2.11. The Morgan fingerprint density at radius 3 is 2.23 bits per heavy atom. The second-order valence-electron chi connectivity index (χ2n) is 5.96. The third-order valence-electron chi connectivity index (χ3n) is 3.94. The van der Waals surface area contributed by atoms with E-state index in [4.69, 9.17) is 0 Å². The number of nitrogens with one attached hydrogen (secondary N) is 1. The number of benzene rings is 2. The summed E-state index contributed by atoms with van der Waals surface area (Å²) >= 11 is 0. The number of sulfonamides is 1. The van der Waals surface area contributed by atoms with Gasteiger partial charge >= 0.3 is 11.8 Å². The first-order chi connectivity index (χ1) is 14.3. The van der Waals surface area contributed by atoms with E-state index in [2.05, 4.69) is 4.42 Å². The monoisotopic (exact) mass is 459 g/mol. The van der Waals surface area contributed by atoms with Crippen LogP contribution in [-0.4, -0.2) is 18.3 Å². The maximum Gasteiger partial charge on any atom is 0.417 e. The molecule has 0 aliphatic heterocycles. The Bertz CT molecular complexity index is 1400. The first-order valence-electron chi connectivity index (χ1n) is 7.90. The average molecular weight is 459 g/mol. The number of nitro groups is 2. The Morgan fingerprint density at radius 2 is 1.65 bits per heavy atom. The second kappa shape index (κ2) is 7.35. The van der Waals surface area contributed by atoms with Crippen molar-refractivity contribution in [3.8, 4) is 0 Å². The molecule has 162 valence electrons. The first kappa shape index (κ1) is 21.7. The van der Waals surface area contributed by atoms with Crippen LogP contribution in [0.25, 0.3) is 11.0 Å². The molecule has 11 nitrogen and oxygen atoms in total. The summed E-state index contributed by atoms with van der Waals surface area (Å²) in [5, 5.41) is 21.4. The van der Waals surface area contributed by atoms with Gasteiger partial charge in [-0.2, -0.15) is 13.2 Å². The van der Waals surface area contributed by atoms with Gasteiger partial charge in [-0.25, -0.2) is 13.2 Å². The molecule has 0 aliphatic rings. The van der Waals surface area contributed by atoms with Crippen molar-refractivity contribution < 1.29 is 35.9 Å². The van der Waals surface area contributed by atoms with E-state index in [-0.39, 0.29) is 11.8 Å². The summed E-state index contributed by atoms with van der Waals surface area (Å²) in [6, 6.07) is 4.63. The lowest BCUT2D eigenvalue weighted by Crippen LogP contribution is -2.15. The topological polar surface area (TPSA) is 163 Å². The van der Waals surface area contributed by atoms with Crippen LogP contribution in [0.4, 0.5) is 30.2 Å². The molecule has 1 aromatic heterocycles. The lowest BCUT2D eigenvalue weighted by molar-refractivity contribution is -0.396. The highest BCUT2D eigenvalue weighted by atomic mass is 32.2. The molecule has 1 heterocycles. The van der Waals surface area contributed by atoms with E-state index in [0.717, 1.165) is 24.3 Å². The molecule has 0 amide bonds. The zero-order valence-corrected chi connectivity index (χ0v) is 15.6. The minimum absolute atomic E-state index is 0.242. The van der Waals surface area contributed by atoms with Gasteiger partial charge in [0.05, 0.1) is 27.2 Å². The molecule has 31 heavy (non-hydrogen) atoms. The van der Waals surface area contributed by atoms with Gasteiger partial charge in [-0.05, 0) is 18.2 Å². The van der Waals surface area contributed by atoms with Crippen molar-refractivity contribution in [3.05, 3.63) is 78.7 Å². The van der Waals surface area contributed by atoms with E-state index >= 15 is 0 Å². The number of halogens is 3. The van der Waals surface area contributed by atoms with Gasteiger partial charge in [0.1, 0.15) is 5.58 Å². The maximum atomic E-state index is 13.1. The smallest absolute Gasteiger partial charge is 0.417 e. The normalized spacial score (nSPS) is 12.0. The van der Waals surface area contributed by atoms with Gasteiger partial charge in [0, 0.05) is 23.6 Å². The second-order valence-corrected chi connectivity index (χ2v) is 7.61. The van der Waals surface area contributed by atoms with Crippen LogP contribution < -0.4 is 10.3 Å². The van der Waals surface area contributed by atoms with Gasteiger partial charge in [-0.3, -0.25) is 25.0 Å². The van der Waals surface area contributed by atoms with Crippen molar-refractivity contribution in [2.45, 2.75) is 11.1 Å². The number of nitrogens with zero attached hydrogens (tertiary/aromatic N) is 2. The number of hydrogen-bond donors (Lipinski definition) is 1. The van der Waals surface area contributed by atoms with Crippen LogP contribution in [-0.2, 0) is 16.2 Å².